The molecule has 5 rings (SSSR count). The summed E-state index contributed by atoms with van der Waals surface area (Å²) in [7, 11) is 0. The molecule has 2 fully saturated rings. The molecule has 294 valence electrons. The van der Waals surface area contributed by atoms with Gasteiger partial charge in [0.2, 0.25) is 11.8 Å². The average molecular weight is 753 g/mol. The van der Waals surface area contributed by atoms with Gasteiger partial charge in [-0.05, 0) is 119 Å². The summed E-state index contributed by atoms with van der Waals surface area (Å²) >= 11 is 0. The summed E-state index contributed by atoms with van der Waals surface area (Å²) < 4.78 is 44.9. The third-order valence-electron chi connectivity index (χ3n) is 9.79. The molecule has 3 amide bonds. The number of rotatable bonds is 9. The van der Waals surface area contributed by atoms with Crippen molar-refractivity contribution in [2.24, 2.45) is 5.73 Å². The minimum Gasteiger partial charge on any atom is -0.444 e. The van der Waals surface area contributed by atoms with Crippen LogP contribution in [0.25, 0.3) is 0 Å². The van der Waals surface area contributed by atoms with E-state index in [-0.39, 0.29) is 23.9 Å². The number of nitrogens with two attached hydrogens (primary N) is 1. The lowest BCUT2D eigenvalue weighted by Gasteiger charge is -2.38. The normalized spacial score (nSPS) is 17.0. The monoisotopic (exact) mass is 752 g/mol. The zero-order valence-electron chi connectivity index (χ0n) is 32.0. The highest BCUT2D eigenvalue weighted by Gasteiger charge is 2.42. The fourth-order valence-electron chi connectivity index (χ4n) is 6.43. The quantitative estimate of drug-likeness (QED) is 0.158. The van der Waals surface area contributed by atoms with Gasteiger partial charge in [0.1, 0.15) is 11.1 Å². The summed E-state index contributed by atoms with van der Waals surface area (Å²) in [5, 5.41) is 11.8. The van der Waals surface area contributed by atoms with E-state index in [0.717, 1.165) is 24.6 Å². The van der Waals surface area contributed by atoms with Crippen molar-refractivity contribution in [1.29, 1.82) is 0 Å². The number of carbonyl (C=O) groups is 3. The van der Waals surface area contributed by atoms with Crippen molar-refractivity contribution < 1.29 is 32.3 Å². The summed E-state index contributed by atoms with van der Waals surface area (Å²) in [6.07, 6.45) is -1.26. The number of alkyl carbamates (subject to hydrolysis) is 1. The van der Waals surface area contributed by atoms with Gasteiger partial charge in [-0.15, -0.1) is 0 Å². The lowest BCUT2D eigenvalue weighted by molar-refractivity contribution is -0.138. The molecule has 2 saturated heterocycles. The third kappa shape index (κ3) is 12.0. The van der Waals surface area contributed by atoms with Crippen LogP contribution in [0.2, 0.25) is 0 Å². The van der Waals surface area contributed by atoms with Gasteiger partial charge in [0.15, 0.2) is 0 Å². The van der Waals surface area contributed by atoms with Gasteiger partial charge in [-0.3, -0.25) is 14.5 Å². The number of carbonyl (C=O) groups excluding carboxylic acids is 3. The second-order valence-corrected chi connectivity index (χ2v) is 15.1. The molecule has 3 aromatic carbocycles. The fraction of sp³-hybridized carbons (Fsp3) is 0.488. The van der Waals surface area contributed by atoms with Gasteiger partial charge in [-0.25, -0.2) is 4.79 Å². The van der Waals surface area contributed by atoms with Gasteiger partial charge in [0, 0.05) is 31.0 Å². The van der Waals surface area contributed by atoms with Crippen LogP contribution in [-0.4, -0.2) is 65.7 Å². The Bertz CT molecular complexity index is 1690. The van der Waals surface area contributed by atoms with Gasteiger partial charge < -0.3 is 31.7 Å². The van der Waals surface area contributed by atoms with E-state index in [4.69, 9.17) is 10.5 Å². The highest BCUT2D eigenvalue weighted by atomic mass is 19.4. The Balaban J connectivity index is 0.000000244. The lowest BCUT2D eigenvalue weighted by atomic mass is 9.87. The Labute approximate surface area is 316 Å². The molecule has 10 nitrogen and oxygen atoms in total. The number of anilines is 2. The molecule has 0 saturated carbocycles. The molecule has 0 radical (unpaired) electrons. The van der Waals surface area contributed by atoms with Crippen LogP contribution in [0.3, 0.4) is 0 Å². The van der Waals surface area contributed by atoms with Crippen LogP contribution in [0.15, 0.2) is 72.8 Å². The van der Waals surface area contributed by atoms with Gasteiger partial charge >= 0.3 is 12.3 Å². The number of aryl methyl sites for hydroxylation is 2. The molecule has 0 atom stereocenters. The second-order valence-electron chi connectivity index (χ2n) is 15.1. The first-order valence-electron chi connectivity index (χ1n) is 18.6. The number of amides is 3. The SMILES string of the molecule is CCc1ccc(NC(=O)C2(N)CCN(Cc3ccccc3C(F)(F)F)CC2)cc1.CCc1ccc(NC(=O)C2(NC(=O)OC(C)(C)C)CCNCC2)cc1. The maximum absolute atomic E-state index is 13.2. The van der Waals surface area contributed by atoms with E-state index < -0.39 is 34.5 Å². The molecule has 2 heterocycles. The van der Waals surface area contributed by atoms with E-state index in [9.17, 15) is 27.6 Å². The molecule has 54 heavy (non-hydrogen) atoms. The minimum atomic E-state index is -4.38. The van der Waals surface area contributed by atoms with Crippen molar-refractivity contribution >= 4 is 29.3 Å². The molecule has 13 heteroatoms. The van der Waals surface area contributed by atoms with E-state index in [1.54, 1.807) is 26.8 Å². The number of nitrogens with zero attached hydrogens (tertiary/aromatic N) is 1. The molecule has 0 aromatic heterocycles. The van der Waals surface area contributed by atoms with E-state index in [1.165, 1.54) is 23.3 Å². The average Bonchev–Trinajstić information content (AvgIpc) is 3.13. The summed E-state index contributed by atoms with van der Waals surface area (Å²) in [6, 6.07) is 21.0. The number of nitrogens with one attached hydrogen (secondary N) is 4. The topological polar surface area (TPSA) is 138 Å². The van der Waals surface area contributed by atoms with Crippen molar-refractivity contribution in [3.63, 3.8) is 0 Å². The van der Waals surface area contributed by atoms with Gasteiger partial charge in [0.05, 0.1) is 11.1 Å². The fourth-order valence-corrected chi connectivity index (χ4v) is 6.43. The molecular formula is C41H55F3N6O4. The zero-order chi connectivity index (χ0) is 39.6. The van der Waals surface area contributed by atoms with Crippen LogP contribution < -0.4 is 27.0 Å². The molecule has 2 aliphatic rings. The standard InChI is InChI=1S/C22H26F3N3O.C19H29N3O3/c1-2-16-7-9-18(10-8-16)27-20(29)21(26)11-13-28(14-12-21)15-17-5-3-4-6-19(17)22(23,24)25;1-5-14-6-8-15(9-7-14)21-16(23)19(10-12-20-13-11-19)22-17(24)25-18(2,3)4/h3-10H,2,11-15,26H2,1H3,(H,27,29);6-9,20H,5,10-13H2,1-4H3,(H,21,23)(H,22,24). The first-order chi connectivity index (χ1) is 25.4. The van der Waals surface area contributed by atoms with E-state index in [1.807, 2.05) is 53.4 Å². The van der Waals surface area contributed by atoms with Crippen molar-refractivity contribution in [2.75, 3.05) is 36.8 Å². The molecule has 3 aromatic rings. The lowest BCUT2D eigenvalue weighted by Crippen LogP contribution is -2.61. The minimum absolute atomic E-state index is 0.186. The number of likely N-dealkylation sites (tertiary alicyclic amines) is 1. The Morgan fingerprint density at radius 3 is 1.76 bits per heavy atom. The van der Waals surface area contributed by atoms with Crippen molar-refractivity contribution in [3.05, 3.63) is 95.1 Å². The van der Waals surface area contributed by atoms with Crippen LogP contribution in [0, 0.1) is 0 Å². The molecule has 0 bridgehead atoms. The molecule has 0 aliphatic carbocycles. The van der Waals surface area contributed by atoms with Crippen LogP contribution in [-0.2, 0) is 39.9 Å². The molecule has 0 unspecified atom stereocenters. The van der Waals surface area contributed by atoms with Crippen LogP contribution in [0.1, 0.15) is 82.6 Å². The second kappa shape index (κ2) is 18.2. The Kier molecular flexibility index (Phi) is 14.3. The van der Waals surface area contributed by atoms with Gasteiger partial charge in [-0.2, -0.15) is 13.2 Å². The molecule has 6 N–H and O–H groups in total. The van der Waals surface area contributed by atoms with Crippen LogP contribution in [0.4, 0.5) is 29.3 Å². The number of piperidine rings is 2. The largest absolute Gasteiger partial charge is 0.444 e. The zero-order valence-corrected chi connectivity index (χ0v) is 32.0. The number of alkyl halides is 3. The number of halogens is 3. The molecule has 0 spiro atoms. The predicted octanol–water partition coefficient (Wildman–Crippen LogP) is 7.03. The van der Waals surface area contributed by atoms with Gasteiger partial charge in [0.25, 0.3) is 0 Å². The maximum Gasteiger partial charge on any atom is 0.416 e. The van der Waals surface area contributed by atoms with Crippen molar-refractivity contribution in [2.45, 2.75) is 103 Å². The highest BCUT2D eigenvalue weighted by Crippen LogP contribution is 2.33. The molecular weight excluding hydrogens is 697 g/mol. The van der Waals surface area contributed by atoms with Crippen LogP contribution >= 0.6 is 0 Å². The van der Waals surface area contributed by atoms with Crippen molar-refractivity contribution in [1.82, 2.24) is 15.5 Å². The van der Waals surface area contributed by atoms with Crippen molar-refractivity contribution in [3.8, 4) is 0 Å². The highest BCUT2D eigenvalue weighted by molar-refractivity contribution is 6.00. The maximum atomic E-state index is 13.2. The third-order valence-corrected chi connectivity index (χ3v) is 9.79. The van der Waals surface area contributed by atoms with Gasteiger partial charge in [-0.1, -0.05) is 56.3 Å². The summed E-state index contributed by atoms with van der Waals surface area (Å²) in [5.41, 5.74) is 7.19. The van der Waals surface area contributed by atoms with E-state index in [0.29, 0.717) is 57.5 Å². The van der Waals surface area contributed by atoms with E-state index in [2.05, 4.69) is 35.1 Å². The Hall–Kier alpha value is -4.46. The van der Waals surface area contributed by atoms with Crippen LogP contribution in [0.5, 0.6) is 0 Å². The number of hydrogen-bond acceptors (Lipinski definition) is 7. The molecule has 2 aliphatic heterocycles. The first-order valence-corrected chi connectivity index (χ1v) is 18.6. The smallest absolute Gasteiger partial charge is 0.416 e. The summed E-state index contributed by atoms with van der Waals surface area (Å²) in [6.45, 7) is 12.0. The Morgan fingerprint density at radius 1 is 0.778 bits per heavy atom. The number of ether oxygens (including phenoxy) is 1. The van der Waals surface area contributed by atoms with E-state index >= 15 is 0 Å². The Morgan fingerprint density at radius 2 is 1.28 bits per heavy atom. The first kappa shape index (κ1) is 42.3. The summed E-state index contributed by atoms with van der Waals surface area (Å²) in [5.74, 6) is -0.457. The summed E-state index contributed by atoms with van der Waals surface area (Å²) in [4.78, 5) is 39.8. The number of hydrogen-bond donors (Lipinski definition) is 5. The predicted molar refractivity (Wildman–Crippen MR) is 206 cm³/mol. The number of benzene rings is 3.